The molecular weight excluding hydrogens is 495 g/mol. The number of benzene rings is 1. The molecule has 0 atom stereocenters. The van der Waals surface area contributed by atoms with Gasteiger partial charge in [0.25, 0.3) is 0 Å². The summed E-state index contributed by atoms with van der Waals surface area (Å²) < 4.78 is 1.86. The van der Waals surface area contributed by atoms with Crippen molar-refractivity contribution in [3.05, 3.63) is 65.8 Å². The zero-order chi connectivity index (χ0) is 19.2. The Kier molecular flexibility index (Phi) is 7.93. The predicted molar refractivity (Wildman–Crippen MR) is 132 cm³/mol. The van der Waals surface area contributed by atoms with Gasteiger partial charge in [0.05, 0.1) is 10.7 Å². The fourth-order valence-electron chi connectivity index (χ4n) is 3.46. The third-order valence-corrected chi connectivity index (χ3v) is 5.97. The Labute approximate surface area is 193 Å². The minimum Gasteiger partial charge on any atom is -0.363 e. The Hall–Kier alpha value is -2.07. The molecule has 154 valence electrons. The van der Waals surface area contributed by atoms with Crippen molar-refractivity contribution in [2.75, 3.05) is 25.0 Å². The second-order valence-corrected chi connectivity index (χ2v) is 7.83. The lowest BCUT2D eigenvalue weighted by Gasteiger charge is -2.33. The number of hydrogen-bond acceptors (Lipinski definition) is 4. The Bertz CT molecular complexity index is 869. The van der Waals surface area contributed by atoms with Crippen LogP contribution in [0.1, 0.15) is 18.4 Å². The van der Waals surface area contributed by atoms with Gasteiger partial charge in [-0.15, -0.1) is 35.3 Å². The van der Waals surface area contributed by atoms with Crippen LogP contribution in [-0.2, 0) is 6.54 Å². The number of hydrogen-bond donors (Lipinski definition) is 2. The Morgan fingerprint density at radius 1 is 1.17 bits per heavy atom. The minimum absolute atomic E-state index is 0. The van der Waals surface area contributed by atoms with Gasteiger partial charge >= 0.3 is 0 Å². The third kappa shape index (κ3) is 5.72. The van der Waals surface area contributed by atoms with Crippen molar-refractivity contribution in [1.29, 1.82) is 0 Å². The summed E-state index contributed by atoms with van der Waals surface area (Å²) in [7, 11) is 1.83. The molecule has 1 aliphatic rings. The van der Waals surface area contributed by atoms with Gasteiger partial charge in [-0.3, -0.25) is 4.99 Å². The summed E-state index contributed by atoms with van der Waals surface area (Å²) in [6.07, 6.45) is 5.98. The van der Waals surface area contributed by atoms with E-state index in [1.807, 2.05) is 35.3 Å². The van der Waals surface area contributed by atoms with Crippen molar-refractivity contribution >= 4 is 46.3 Å². The fourth-order valence-corrected chi connectivity index (χ4v) is 4.24. The SMILES string of the molecule is CN=C(NCc1ccc(-n2cccn2)cc1)NC1CCN(c2cccs2)CC1.I. The van der Waals surface area contributed by atoms with Crippen LogP contribution in [-0.4, -0.2) is 41.9 Å². The largest absolute Gasteiger partial charge is 0.363 e. The lowest BCUT2D eigenvalue weighted by Crippen LogP contribution is -2.48. The average molecular weight is 522 g/mol. The monoisotopic (exact) mass is 522 g/mol. The highest BCUT2D eigenvalue weighted by molar-refractivity contribution is 14.0. The molecule has 0 amide bonds. The van der Waals surface area contributed by atoms with Crippen LogP contribution in [0.2, 0.25) is 0 Å². The summed E-state index contributed by atoms with van der Waals surface area (Å²) in [5.41, 5.74) is 2.28. The molecule has 3 heterocycles. The smallest absolute Gasteiger partial charge is 0.191 e. The van der Waals surface area contributed by atoms with Crippen LogP contribution < -0.4 is 15.5 Å². The summed E-state index contributed by atoms with van der Waals surface area (Å²) in [6.45, 7) is 2.92. The molecule has 6 nitrogen and oxygen atoms in total. The van der Waals surface area contributed by atoms with Crippen LogP contribution in [0.4, 0.5) is 5.00 Å². The number of nitrogens with one attached hydrogen (secondary N) is 2. The van der Waals surface area contributed by atoms with Crippen molar-refractivity contribution in [3.8, 4) is 5.69 Å². The predicted octanol–water partition coefficient (Wildman–Crippen LogP) is 3.89. The normalized spacial score (nSPS) is 15.1. The number of guanidine groups is 1. The Balaban J connectivity index is 0.00000240. The molecule has 1 fully saturated rings. The van der Waals surface area contributed by atoms with Gasteiger partial charge in [-0.25, -0.2) is 4.68 Å². The van der Waals surface area contributed by atoms with Gasteiger partial charge in [-0.1, -0.05) is 12.1 Å². The van der Waals surface area contributed by atoms with E-state index in [2.05, 4.69) is 67.4 Å². The summed E-state index contributed by atoms with van der Waals surface area (Å²) in [6, 6.07) is 15.1. The van der Waals surface area contributed by atoms with E-state index in [9.17, 15) is 0 Å². The van der Waals surface area contributed by atoms with E-state index >= 15 is 0 Å². The van der Waals surface area contributed by atoms with Crippen molar-refractivity contribution < 1.29 is 0 Å². The molecule has 0 bridgehead atoms. The van der Waals surface area contributed by atoms with Crippen LogP contribution >= 0.6 is 35.3 Å². The molecule has 0 aliphatic carbocycles. The van der Waals surface area contributed by atoms with Gasteiger partial charge in [0, 0.05) is 45.1 Å². The van der Waals surface area contributed by atoms with Gasteiger partial charge in [-0.05, 0) is 54.1 Å². The zero-order valence-corrected chi connectivity index (χ0v) is 19.6. The highest BCUT2D eigenvalue weighted by Crippen LogP contribution is 2.24. The van der Waals surface area contributed by atoms with Crippen LogP contribution in [0.15, 0.2) is 65.2 Å². The molecule has 0 radical (unpaired) electrons. The van der Waals surface area contributed by atoms with Crippen molar-refractivity contribution in [2.45, 2.75) is 25.4 Å². The molecular formula is C21H27IN6S. The van der Waals surface area contributed by atoms with Gasteiger partial charge in [0.2, 0.25) is 0 Å². The molecule has 0 spiro atoms. The van der Waals surface area contributed by atoms with E-state index in [1.54, 1.807) is 6.20 Å². The number of piperidine rings is 1. The highest BCUT2D eigenvalue weighted by atomic mass is 127. The van der Waals surface area contributed by atoms with Gasteiger partial charge in [-0.2, -0.15) is 5.10 Å². The molecule has 1 saturated heterocycles. The van der Waals surface area contributed by atoms with E-state index < -0.39 is 0 Å². The Morgan fingerprint density at radius 3 is 2.59 bits per heavy atom. The average Bonchev–Trinajstić information content (AvgIpc) is 3.46. The number of aliphatic imine (C=N–C) groups is 1. The molecule has 1 aromatic carbocycles. The maximum Gasteiger partial charge on any atom is 0.191 e. The molecule has 1 aliphatic heterocycles. The highest BCUT2D eigenvalue weighted by Gasteiger charge is 2.20. The summed E-state index contributed by atoms with van der Waals surface area (Å²) >= 11 is 1.82. The minimum atomic E-state index is 0. The van der Waals surface area contributed by atoms with Gasteiger partial charge in [0.1, 0.15) is 0 Å². The quantitative estimate of drug-likeness (QED) is 0.304. The lowest BCUT2D eigenvalue weighted by molar-refractivity contribution is 0.463. The van der Waals surface area contributed by atoms with E-state index in [-0.39, 0.29) is 24.0 Å². The molecule has 29 heavy (non-hydrogen) atoms. The summed E-state index contributed by atoms with van der Waals surface area (Å²) in [5.74, 6) is 0.866. The first-order valence-corrected chi connectivity index (χ1v) is 10.5. The van der Waals surface area contributed by atoms with E-state index in [0.717, 1.165) is 44.1 Å². The molecule has 4 rings (SSSR count). The summed E-state index contributed by atoms with van der Waals surface area (Å²) in [4.78, 5) is 6.87. The number of nitrogens with zero attached hydrogens (tertiary/aromatic N) is 4. The molecule has 2 N–H and O–H groups in total. The molecule has 0 saturated carbocycles. The first-order valence-electron chi connectivity index (χ1n) is 9.66. The number of aromatic nitrogens is 2. The van der Waals surface area contributed by atoms with Crippen LogP contribution in [0.5, 0.6) is 0 Å². The van der Waals surface area contributed by atoms with Crippen molar-refractivity contribution in [1.82, 2.24) is 20.4 Å². The van der Waals surface area contributed by atoms with E-state index in [4.69, 9.17) is 0 Å². The van der Waals surface area contributed by atoms with E-state index in [1.165, 1.54) is 10.6 Å². The van der Waals surface area contributed by atoms with Gasteiger partial charge in [0.15, 0.2) is 5.96 Å². The number of rotatable bonds is 5. The first kappa shape index (κ1) is 21.6. The standard InChI is InChI=1S/C21H26N6S.HI/c1-22-21(25-18-9-13-26(14-10-18)20-4-2-15-28-20)23-16-17-5-7-19(8-6-17)27-12-3-11-24-27;/h2-8,11-12,15,18H,9-10,13-14,16H2,1H3,(H2,22,23,25);1H. The topological polar surface area (TPSA) is 57.5 Å². The first-order chi connectivity index (χ1) is 13.8. The fraction of sp³-hybridized carbons (Fsp3) is 0.333. The molecule has 8 heteroatoms. The van der Waals surface area contributed by atoms with E-state index in [0.29, 0.717) is 6.04 Å². The molecule has 2 aromatic heterocycles. The second-order valence-electron chi connectivity index (χ2n) is 6.90. The van der Waals surface area contributed by atoms with Crippen LogP contribution in [0, 0.1) is 0 Å². The number of anilines is 1. The maximum atomic E-state index is 4.39. The summed E-state index contributed by atoms with van der Waals surface area (Å²) in [5, 5.41) is 14.8. The van der Waals surface area contributed by atoms with Crippen molar-refractivity contribution in [2.24, 2.45) is 4.99 Å². The second kappa shape index (κ2) is 10.6. The molecule has 0 unspecified atom stereocenters. The number of halogens is 1. The lowest BCUT2D eigenvalue weighted by atomic mass is 10.1. The zero-order valence-electron chi connectivity index (χ0n) is 16.5. The Morgan fingerprint density at radius 2 is 1.97 bits per heavy atom. The third-order valence-electron chi connectivity index (χ3n) is 5.04. The van der Waals surface area contributed by atoms with Crippen LogP contribution in [0.3, 0.4) is 0 Å². The number of thiophene rings is 1. The molecule has 3 aromatic rings. The van der Waals surface area contributed by atoms with Gasteiger partial charge < -0.3 is 15.5 Å². The maximum absolute atomic E-state index is 4.39. The van der Waals surface area contributed by atoms with Crippen LogP contribution in [0.25, 0.3) is 5.69 Å². The van der Waals surface area contributed by atoms with Crippen molar-refractivity contribution in [3.63, 3.8) is 0 Å².